The minimum atomic E-state index is -0.505. The Bertz CT molecular complexity index is 539. The molecule has 0 unspecified atom stereocenters. The molecule has 0 aliphatic rings. The zero-order valence-electron chi connectivity index (χ0n) is 10.8. The van der Waals surface area contributed by atoms with Gasteiger partial charge in [0.15, 0.2) is 0 Å². The van der Waals surface area contributed by atoms with E-state index < -0.39 is 12.1 Å². The lowest BCUT2D eigenvalue weighted by atomic mass is 10.2. The van der Waals surface area contributed by atoms with Gasteiger partial charge in [0.2, 0.25) is 11.7 Å². The van der Waals surface area contributed by atoms with Crippen LogP contribution < -0.4 is 5.32 Å². The molecular formula is C13H15N3O3. The minimum Gasteiger partial charge on any atom is -0.450 e. The lowest BCUT2D eigenvalue weighted by molar-refractivity contribution is 0.146. The Kier molecular flexibility index (Phi) is 4.12. The highest BCUT2D eigenvalue weighted by Gasteiger charge is 2.17. The van der Waals surface area contributed by atoms with Gasteiger partial charge >= 0.3 is 6.09 Å². The van der Waals surface area contributed by atoms with Crippen molar-refractivity contribution in [3.8, 4) is 11.4 Å². The standard InChI is InChI=1S/C13H15N3O3/c1-3-18-13(17)14-9(2)12-15-11(16-19-12)10-7-5-4-6-8-10/h4-9H,3H2,1-2H3,(H,14,17)/t9-/m0/s1. The van der Waals surface area contributed by atoms with Crippen molar-refractivity contribution in [3.63, 3.8) is 0 Å². The summed E-state index contributed by atoms with van der Waals surface area (Å²) in [5.74, 6) is 0.833. The number of benzene rings is 1. The predicted octanol–water partition coefficient (Wildman–Crippen LogP) is 2.54. The molecule has 2 rings (SSSR count). The number of carbonyl (C=O) groups excluding carboxylic acids is 1. The van der Waals surface area contributed by atoms with E-state index in [9.17, 15) is 4.79 Å². The van der Waals surface area contributed by atoms with Crippen molar-refractivity contribution < 1.29 is 14.1 Å². The zero-order chi connectivity index (χ0) is 13.7. The summed E-state index contributed by atoms with van der Waals surface area (Å²) in [5, 5.41) is 6.49. The van der Waals surface area contributed by atoms with Gasteiger partial charge < -0.3 is 14.6 Å². The van der Waals surface area contributed by atoms with Crippen molar-refractivity contribution >= 4 is 6.09 Å². The third kappa shape index (κ3) is 3.31. The Morgan fingerprint density at radius 1 is 1.42 bits per heavy atom. The third-order valence-corrected chi connectivity index (χ3v) is 2.45. The molecule has 0 fully saturated rings. The van der Waals surface area contributed by atoms with E-state index in [1.54, 1.807) is 13.8 Å². The second-order valence-corrected chi connectivity index (χ2v) is 3.91. The number of rotatable bonds is 4. The maximum Gasteiger partial charge on any atom is 0.407 e. The van der Waals surface area contributed by atoms with Crippen LogP contribution >= 0.6 is 0 Å². The van der Waals surface area contributed by atoms with Crippen molar-refractivity contribution in [1.29, 1.82) is 0 Å². The van der Waals surface area contributed by atoms with E-state index in [0.717, 1.165) is 5.56 Å². The van der Waals surface area contributed by atoms with Gasteiger partial charge in [0, 0.05) is 5.56 Å². The van der Waals surface area contributed by atoms with E-state index in [1.807, 2.05) is 30.3 Å². The summed E-state index contributed by atoms with van der Waals surface area (Å²) in [6, 6.07) is 9.08. The smallest absolute Gasteiger partial charge is 0.407 e. The van der Waals surface area contributed by atoms with Crippen LogP contribution in [-0.4, -0.2) is 22.8 Å². The lowest BCUT2D eigenvalue weighted by Crippen LogP contribution is -2.27. The molecule has 0 radical (unpaired) electrons. The highest BCUT2D eigenvalue weighted by Crippen LogP contribution is 2.18. The van der Waals surface area contributed by atoms with Crippen molar-refractivity contribution in [2.45, 2.75) is 19.9 Å². The first-order chi connectivity index (χ1) is 9.20. The third-order valence-electron chi connectivity index (χ3n) is 2.45. The van der Waals surface area contributed by atoms with E-state index in [2.05, 4.69) is 15.5 Å². The van der Waals surface area contributed by atoms with Gasteiger partial charge in [-0.05, 0) is 13.8 Å². The molecule has 6 heteroatoms. The maximum absolute atomic E-state index is 11.3. The van der Waals surface area contributed by atoms with Crippen LogP contribution in [0.25, 0.3) is 11.4 Å². The molecular weight excluding hydrogens is 246 g/mol. The molecule has 1 N–H and O–H groups in total. The average molecular weight is 261 g/mol. The fraction of sp³-hybridized carbons (Fsp3) is 0.308. The van der Waals surface area contributed by atoms with Gasteiger partial charge in [0.1, 0.15) is 6.04 Å². The van der Waals surface area contributed by atoms with Gasteiger partial charge in [-0.2, -0.15) is 4.98 Å². The van der Waals surface area contributed by atoms with Gasteiger partial charge in [-0.1, -0.05) is 35.5 Å². The molecule has 100 valence electrons. The zero-order valence-corrected chi connectivity index (χ0v) is 10.8. The van der Waals surface area contributed by atoms with Crippen LogP contribution in [0.4, 0.5) is 4.79 Å². The van der Waals surface area contributed by atoms with Crippen molar-refractivity contribution in [3.05, 3.63) is 36.2 Å². The molecule has 1 aromatic heterocycles. The molecule has 19 heavy (non-hydrogen) atoms. The number of aromatic nitrogens is 2. The number of nitrogens with one attached hydrogen (secondary N) is 1. The summed E-state index contributed by atoms with van der Waals surface area (Å²) in [6.45, 7) is 3.81. The fourth-order valence-corrected chi connectivity index (χ4v) is 1.53. The number of carbonyl (C=O) groups is 1. The summed E-state index contributed by atoms with van der Waals surface area (Å²) < 4.78 is 9.91. The summed E-state index contributed by atoms with van der Waals surface area (Å²) >= 11 is 0. The highest BCUT2D eigenvalue weighted by molar-refractivity contribution is 5.67. The average Bonchev–Trinajstić information content (AvgIpc) is 2.89. The molecule has 0 saturated heterocycles. The number of amides is 1. The van der Waals surface area contributed by atoms with Gasteiger partial charge in [-0.25, -0.2) is 4.79 Å². The summed E-state index contributed by atoms with van der Waals surface area (Å²) in [4.78, 5) is 15.5. The van der Waals surface area contributed by atoms with E-state index >= 15 is 0 Å². The molecule has 0 aliphatic carbocycles. The number of hydrogen-bond donors (Lipinski definition) is 1. The molecule has 1 atom stereocenters. The van der Waals surface area contributed by atoms with Gasteiger partial charge in [0.25, 0.3) is 0 Å². The van der Waals surface area contributed by atoms with E-state index in [1.165, 1.54) is 0 Å². The van der Waals surface area contributed by atoms with E-state index in [0.29, 0.717) is 18.3 Å². The summed E-state index contributed by atoms with van der Waals surface area (Å²) in [5.41, 5.74) is 0.862. The number of alkyl carbamates (subject to hydrolysis) is 1. The quantitative estimate of drug-likeness (QED) is 0.915. The Morgan fingerprint density at radius 3 is 2.84 bits per heavy atom. The first-order valence-corrected chi connectivity index (χ1v) is 6.03. The first-order valence-electron chi connectivity index (χ1n) is 6.03. The molecule has 1 heterocycles. The fourth-order valence-electron chi connectivity index (χ4n) is 1.53. The van der Waals surface area contributed by atoms with Crippen molar-refractivity contribution in [2.75, 3.05) is 6.61 Å². The second-order valence-electron chi connectivity index (χ2n) is 3.91. The monoisotopic (exact) mass is 261 g/mol. The maximum atomic E-state index is 11.3. The number of nitrogens with zero attached hydrogens (tertiary/aromatic N) is 2. The Morgan fingerprint density at radius 2 is 2.16 bits per heavy atom. The summed E-state index contributed by atoms with van der Waals surface area (Å²) in [7, 11) is 0. The van der Waals surface area contributed by atoms with Crippen LogP contribution in [0.1, 0.15) is 25.8 Å². The van der Waals surface area contributed by atoms with E-state index in [-0.39, 0.29) is 0 Å². The van der Waals surface area contributed by atoms with Crippen LogP contribution in [0.15, 0.2) is 34.9 Å². The second kappa shape index (κ2) is 5.99. The minimum absolute atomic E-state index is 0.317. The summed E-state index contributed by atoms with van der Waals surface area (Å²) in [6.07, 6.45) is -0.505. The van der Waals surface area contributed by atoms with Crippen LogP contribution in [-0.2, 0) is 4.74 Å². The van der Waals surface area contributed by atoms with Crippen LogP contribution in [0.3, 0.4) is 0 Å². The Hall–Kier alpha value is -2.37. The molecule has 6 nitrogen and oxygen atoms in total. The number of ether oxygens (including phenoxy) is 1. The number of hydrogen-bond acceptors (Lipinski definition) is 5. The SMILES string of the molecule is CCOC(=O)N[C@@H](C)c1nc(-c2ccccc2)no1. The molecule has 2 aromatic rings. The van der Waals surface area contributed by atoms with Crippen LogP contribution in [0, 0.1) is 0 Å². The largest absolute Gasteiger partial charge is 0.450 e. The van der Waals surface area contributed by atoms with Gasteiger partial charge in [-0.15, -0.1) is 0 Å². The molecule has 0 saturated carbocycles. The predicted molar refractivity (Wildman–Crippen MR) is 68.3 cm³/mol. The van der Waals surface area contributed by atoms with Gasteiger partial charge in [0.05, 0.1) is 6.61 Å². The van der Waals surface area contributed by atoms with Crippen molar-refractivity contribution in [2.24, 2.45) is 0 Å². The van der Waals surface area contributed by atoms with E-state index in [4.69, 9.17) is 9.26 Å². The molecule has 0 aliphatic heterocycles. The molecule has 1 amide bonds. The van der Waals surface area contributed by atoms with Crippen molar-refractivity contribution in [1.82, 2.24) is 15.5 Å². The van der Waals surface area contributed by atoms with Gasteiger partial charge in [-0.3, -0.25) is 0 Å². The topological polar surface area (TPSA) is 77.2 Å². The first kappa shape index (κ1) is 13.1. The normalized spacial score (nSPS) is 11.9. The highest BCUT2D eigenvalue weighted by atomic mass is 16.5. The van der Waals surface area contributed by atoms with Crippen LogP contribution in [0.2, 0.25) is 0 Å². The lowest BCUT2D eigenvalue weighted by Gasteiger charge is -2.08. The molecule has 1 aromatic carbocycles. The van der Waals surface area contributed by atoms with Crippen LogP contribution in [0.5, 0.6) is 0 Å². The Balaban J connectivity index is 2.07. The Labute approximate surface area is 110 Å². The molecule has 0 bridgehead atoms. The molecule has 0 spiro atoms.